The van der Waals surface area contributed by atoms with Crippen molar-refractivity contribution in [3.63, 3.8) is 0 Å². The lowest BCUT2D eigenvalue weighted by Gasteiger charge is -2.72. The van der Waals surface area contributed by atoms with Gasteiger partial charge in [0.15, 0.2) is 37.4 Å². The Balaban J connectivity index is 0.901. The highest BCUT2D eigenvalue weighted by Crippen LogP contribution is 2.76. The molecule has 0 aromatic carbocycles. The summed E-state index contributed by atoms with van der Waals surface area (Å²) in [7, 11) is 0. The maximum Gasteiger partial charge on any atom is 0.317 e. The second-order valence-electron chi connectivity index (χ2n) is 34.7. The summed E-state index contributed by atoms with van der Waals surface area (Å²) in [6.07, 6.45) is -45.0. The molecule has 624 valence electrons. The summed E-state index contributed by atoms with van der Waals surface area (Å²) >= 11 is 0. The zero-order valence-corrected chi connectivity index (χ0v) is 64.6. The number of allylic oxidation sites excluding steroid dienone is 2. The summed E-state index contributed by atoms with van der Waals surface area (Å²) < 4.78 is 82.8. The average Bonchev–Trinajstić information content (AvgIpc) is 0.669. The van der Waals surface area contributed by atoms with E-state index >= 15 is 4.79 Å². The monoisotopic (exact) mass is 1560 g/mol. The minimum Gasteiger partial charge on any atom is -0.462 e. The van der Waals surface area contributed by atoms with Gasteiger partial charge in [-0.2, -0.15) is 0 Å². The molecule has 109 heavy (non-hydrogen) atoms. The molecule has 5 heterocycles. The van der Waals surface area contributed by atoms with Gasteiger partial charge in [-0.1, -0.05) is 53.2 Å². The molecular formula is C75H120O34. The van der Waals surface area contributed by atoms with Gasteiger partial charge in [0.25, 0.3) is 0 Å². The highest BCUT2D eigenvalue weighted by molar-refractivity contribution is 5.80. The number of rotatable bonds is 23. The molecule has 34 heteroatoms. The second-order valence-corrected chi connectivity index (χ2v) is 34.7. The molecular weight excluding hydrogens is 1440 g/mol. The fourth-order valence-corrected chi connectivity index (χ4v) is 20.0. The zero-order chi connectivity index (χ0) is 80.6. The van der Waals surface area contributed by atoms with Gasteiger partial charge in [-0.15, -0.1) is 0 Å². The normalized spacial score (nSPS) is 48.0. The van der Waals surface area contributed by atoms with Crippen molar-refractivity contribution in [2.24, 2.45) is 50.2 Å². The third kappa shape index (κ3) is 17.1. The topological polar surface area (TPSA) is 518 Å². The molecule has 10 rings (SSSR count). The highest BCUT2D eigenvalue weighted by Gasteiger charge is 2.74. The van der Waals surface area contributed by atoms with Crippen LogP contribution >= 0.6 is 0 Å². The van der Waals surface area contributed by atoms with E-state index in [4.69, 9.17) is 66.3 Å². The van der Waals surface area contributed by atoms with E-state index in [1.165, 1.54) is 55.4 Å². The molecule has 0 spiro atoms. The van der Waals surface area contributed by atoms with Crippen molar-refractivity contribution in [3.8, 4) is 0 Å². The van der Waals surface area contributed by atoms with E-state index in [9.17, 15) is 95.8 Å². The Morgan fingerprint density at radius 1 is 0.486 bits per heavy atom. The minimum atomic E-state index is -2.15. The van der Waals surface area contributed by atoms with Crippen LogP contribution in [0.2, 0.25) is 0 Å². The summed E-state index contributed by atoms with van der Waals surface area (Å²) in [5.74, 6) is -5.74. The van der Waals surface area contributed by atoms with Gasteiger partial charge in [0.2, 0.25) is 6.29 Å². The molecule has 4 saturated carbocycles. The summed E-state index contributed by atoms with van der Waals surface area (Å²) in [6.45, 7) is 22.7. The molecule has 9 fully saturated rings. The Morgan fingerprint density at radius 2 is 0.982 bits per heavy atom. The highest BCUT2D eigenvalue weighted by atomic mass is 16.8. The quantitative estimate of drug-likeness (QED) is 0.0246. The number of carbonyl (C=O) groups excluding carboxylic acids is 5. The van der Waals surface area contributed by atoms with Crippen LogP contribution in [0.25, 0.3) is 0 Å². The number of aliphatic hydroxyl groups excluding tert-OH is 15. The number of carbonyl (C=O) groups is 5. The fourth-order valence-electron chi connectivity index (χ4n) is 20.0. The van der Waals surface area contributed by atoms with Crippen LogP contribution in [0.5, 0.6) is 0 Å². The average molecular weight is 1570 g/mol. The second kappa shape index (κ2) is 33.8. The van der Waals surface area contributed by atoms with Crippen molar-refractivity contribution in [2.75, 3.05) is 13.2 Å². The Labute approximate surface area is 633 Å². The number of hydrogen-bond donors (Lipinski definition) is 15. The van der Waals surface area contributed by atoms with Gasteiger partial charge < -0.3 is 143 Å². The van der Waals surface area contributed by atoms with E-state index < -0.39 is 284 Å². The summed E-state index contributed by atoms with van der Waals surface area (Å²) in [6, 6.07) is 0. The van der Waals surface area contributed by atoms with Crippen LogP contribution in [0.1, 0.15) is 174 Å². The number of fused-ring (bicyclic) bond motifs is 7. The molecule has 15 N–H and O–H groups in total. The van der Waals surface area contributed by atoms with Crippen LogP contribution < -0.4 is 0 Å². The molecule has 0 bridgehead atoms. The summed E-state index contributed by atoms with van der Waals surface area (Å²) in [4.78, 5) is 68.4. The predicted molar refractivity (Wildman–Crippen MR) is 369 cm³/mol. The standard InChI is InChI=1S/C75H120O34/c1-30(77)21-45(81)97-31(2)22-46(82)98-32(3)23-47(83)99-33(4)24-48(84)104-61-51(87)36(7)102-68(62(61)107-66-57(93)54(90)59(37(8)103-66)105-64-58(94)60(41(79)28-96-64)106-65-55(91)52(88)49(85)34(5)100-65)109-69(95)75-20-19-70(9,10)25-39(75)38-15-16-43-71(11)26-40(78)63(108-67-56(92)53(89)50(86)35(6)101-67)72(12,29-76)42(71)17-18-73(43,13)74(38,14)27-44(75)80/h15,30-37,39-44,49-68,76-80,85-94H,16-29H2,1-14H3/t30-,31-,32-,33-,34-,35-,36+,37-,39-,40-,41+,42+,43+,44+,49-,50-,51-,52+,53+,54-,55+,56+,57+,58+,59-,60-,61-,62+,63-,64-,65-,66-,67-,68+,71-,72-,73+,74+,75+/m0/s1. The van der Waals surface area contributed by atoms with Gasteiger partial charge in [-0.3, -0.25) is 24.0 Å². The molecule has 0 amide bonds. The summed E-state index contributed by atoms with van der Waals surface area (Å²) in [5.41, 5.74) is -4.53. The molecule has 5 saturated heterocycles. The Hall–Kier alpha value is -3.87. The molecule has 39 atom stereocenters. The molecule has 34 nitrogen and oxygen atoms in total. The van der Waals surface area contributed by atoms with Gasteiger partial charge in [0.1, 0.15) is 103 Å². The maximum atomic E-state index is 16.1. The van der Waals surface area contributed by atoms with Crippen LogP contribution in [0, 0.1) is 50.2 Å². The largest absolute Gasteiger partial charge is 0.462 e. The number of esters is 5. The van der Waals surface area contributed by atoms with Gasteiger partial charge in [-0.05, 0) is 146 Å². The molecule has 0 radical (unpaired) electrons. The van der Waals surface area contributed by atoms with Crippen LogP contribution in [0.15, 0.2) is 11.6 Å². The maximum absolute atomic E-state index is 16.1. The van der Waals surface area contributed by atoms with Crippen LogP contribution in [0.3, 0.4) is 0 Å². The molecule has 0 aromatic heterocycles. The van der Waals surface area contributed by atoms with Crippen molar-refractivity contribution in [1.82, 2.24) is 0 Å². The third-order valence-corrected chi connectivity index (χ3v) is 26.2. The first kappa shape index (κ1) is 87.5. The first-order valence-corrected chi connectivity index (χ1v) is 38.5. The molecule has 0 aromatic rings. The van der Waals surface area contributed by atoms with Crippen molar-refractivity contribution in [2.45, 2.75) is 364 Å². The SMILES string of the molecule is C[C@H](O)CC(=O)O[C@@H](C)CC(=O)O[C@@H](C)CC(=O)O[C@@H](C)CC(=O)O[C@H]1[C@@H](O)[C@@H](C)O[C@H](OC(=O)[C@]23CCC(C)(C)C[C@H]2C2=CC[C@@H]4[C@@]5(C)C[C@H](O)[C@H](O[C@@H]6O[C@@H](C)[C@H](O)[C@@H](O)[C@H]6O)[C@@](C)(CO)[C@@H]5CC[C@@]4(C)[C@]2(C)C[C@H]3O)[C@@H]1O[C@@H]1O[C@@H](C)[C@H](O[C@@H]2OC[C@@H](O)[C@H](O[C@@H]3O[C@@H](C)[C@H](O)[C@@H](O)[C@H]3O)[C@H]2O)[C@@H](O)[C@H]1O. The number of hydrogen-bond acceptors (Lipinski definition) is 34. The molecule has 5 aliphatic heterocycles. The van der Waals surface area contributed by atoms with Gasteiger partial charge in [0.05, 0.1) is 87.7 Å². The Morgan fingerprint density at radius 3 is 1.54 bits per heavy atom. The van der Waals surface area contributed by atoms with Crippen LogP contribution in [-0.4, -0.2) is 310 Å². The van der Waals surface area contributed by atoms with Crippen molar-refractivity contribution in [1.29, 1.82) is 0 Å². The van der Waals surface area contributed by atoms with Gasteiger partial charge in [-0.25, -0.2) is 0 Å². The van der Waals surface area contributed by atoms with E-state index in [0.29, 0.717) is 32.1 Å². The van der Waals surface area contributed by atoms with Crippen molar-refractivity contribution >= 4 is 29.8 Å². The first-order valence-electron chi connectivity index (χ1n) is 38.5. The van der Waals surface area contributed by atoms with E-state index in [1.54, 1.807) is 0 Å². The van der Waals surface area contributed by atoms with Gasteiger partial charge >= 0.3 is 29.8 Å². The lowest BCUT2D eigenvalue weighted by molar-refractivity contribution is -0.380. The van der Waals surface area contributed by atoms with Crippen molar-refractivity contribution in [3.05, 3.63) is 11.6 Å². The van der Waals surface area contributed by atoms with E-state index in [0.717, 1.165) is 5.57 Å². The van der Waals surface area contributed by atoms with Crippen LogP contribution in [-0.2, 0) is 90.3 Å². The Kier molecular flexibility index (Phi) is 27.1. The van der Waals surface area contributed by atoms with E-state index in [2.05, 4.69) is 40.7 Å². The van der Waals surface area contributed by atoms with Crippen molar-refractivity contribution < 1.29 is 167 Å². The fraction of sp³-hybridized carbons (Fsp3) is 0.907. The minimum absolute atomic E-state index is 0.0377. The predicted octanol–water partition coefficient (Wildman–Crippen LogP) is -1.26. The Bertz CT molecular complexity index is 3200. The first-order chi connectivity index (χ1) is 50.8. The molecule has 10 aliphatic rings. The van der Waals surface area contributed by atoms with Gasteiger partial charge in [0, 0.05) is 5.41 Å². The zero-order valence-electron chi connectivity index (χ0n) is 64.6. The van der Waals surface area contributed by atoms with Crippen LogP contribution in [0.4, 0.5) is 0 Å². The number of ether oxygens (including phenoxy) is 14. The number of aliphatic hydroxyl groups is 15. The molecule has 0 unspecified atom stereocenters. The third-order valence-electron chi connectivity index (χ3n) is 26.2. The molecule has 5 aliphatic carbocycles. The summed E-state index contributed by atoms with van der Waals surface area (Å²) in [5, 5.41) is 169. The lowest BCUT2D eigenvalue weighted by atomic mass is 9.33. The van der Waals surface area contributed by atoms with E-state index in [1.807, 2.05) is 6.92 Å². The lowest BCUT2D eigenvalue weighted by Crippen LogP contribution is -2.70. The smallest absolute Gasteiger partial charge is 0.317 e. The van der Waals surface area contributed by atoms with E-state index in [-0.39, 0.29) is 43.9 Å².